The zero-order chi connectivity index (χ0) is 16.9. The van der Waals surface area contributed by atoms with E-state index >= 15 is 0 Å². The van der Waals surface area contributed by atoms with Gasteiger partial charge in [-0.3, -0.25) is 0 Å². The Hall–Kier alpha value is -0.780. The van der Waals surface area contributed by atoms with E-state index in [0.717, 1.165) is 0 Å². The Labute approximate surface area is 111 Å². The summed E-state index contributed by atoms with van der Waals surface area (Å²) in [4.78, 5) is 1.67. The lowest BCUT2D eigenvalue weighted by atomic mass is 10.2. The molecule has 1 unspecified atom stereocenters. The molecule has 0 bridgehead atoms. The lowest BCUT2D eigenvalue weighted by molar-refractivity contribution is -0.500. The third-order valence-corrected chi connectivity index (χ3v) is 2.23. The fourth-order valence-corrected chi connectivity index (χ4v) is 1.15. The summed E-state index contributed by atoms with van der Waals surface area (Å²) in [5.74, 6) is -5.99. The van der Waals surface area contributed by atoms with Crippen molar-refractivity contribution in [3.8, 4) is 0 Å². The monoisotopic (exact) mass is 340 g/mol. The SMILES string of the molecule is FOC(F)(C(F)(F)F)C(F)(F)OCCCCCC(F)(F)F. The van der Waals surface area contributed by atoms with Crippen LogP contribution < -0.4 is 0 Å². The summed E-state index contributed by atoms with van der Waals surface area (Å²) in [5.41, 5.74) is 0. The second-order valence-corrected chi connectivity index (χ2v) is 3.96. The number of hydrogen-bond acceptors (Lipinski definition) is 2. The summed E-state index contributed by atoms with van der Waals surface area (Å²) in [6, 6.07) is 0. The van der Waals surface area contributed by atoms with Crippen LogP contribution in [-0.2, 0) is 9.68 Å². The molecule has 2 nitrogen and oxygen atoms in total. The first-order chi connectivity index (χ1) is 9.27. The molecule has 21 heavy (non-hydrogen) atoms. The van der Waals surface area contributed by atoms with Crippen molar-refractivity contribution in [2.45, 2.75) is 50.0 Å². The molecule has 12 heteroatoms. The van der Waals surface area contributed by atoms with Gasteiger partial charge in [-0.05, 0) is 17.4 Å². The van der Waals surface area contributed by atoms with Crippen LogP contribution in [0, 0.1) is 0 Å². The van der Waals surface area contributed by atoms with Crippen molar-refractivity contribution in [3.05, 3.63) is 0 Å². The topological polar surface area (TPSA) is 18.5 Å². The number of alkyl halides is 9. The molecule has 0 aromatic carbocycles. The lowest BCUT2D eigenvalue weighted by Crippen LogP contribution is -2.57. The fourth-order valence-electron chi connectivity index (χ4n) is 1.15. The third kappa shape index (κ3) is 5.85. The van der Waals surface area contributed by atoms with E-state index in [-0.39, 0.29) is 6.42 Å². The first kappa shape index (κ1) is 20.2. The molecular formula is C9H10F10O2. The number of halogens is 10. The molecule has 1 atom stereocenters. The normalized spacial score (nSPS) is 16.9. The Balaban J connectivity index is 4.31. The Kier molecular flexibility index (Phi) is 6.73. The third-order valence-electron chi connectivity index (χ3n) is 2.23. The highest BCUT2D eigenvalue weighted by atomic mass is 19.4. The molecule has 0 aliphatic heterocycles. The van der Waals surface area contributed by atoms with Gasteiger partial charge in [0.15, 0.2) is 0 Å². The molecule has 128 valence electrons. The smallest absolute Gasteiger partial charge is 0.316 e. The van der Waals surface area contributed by atoms with Gasteiger partial charge in [0.1, 0.15) is 0 Å². The van der Waals surface area contributed by atoms with Crippen LogP contribution in [0.5, 0.6) is 0 Å². The van der Waals surface area contributed by atoms with Crippen molar-refractivity contribution in [2.75, 3.05) is 6.61 Å². The highest BCUT2D eigenvalue weighted by molar-refractivity contribution is 4.85. The molecule has 0 saturated heterocycles. The minimum absolute atomic E-state index is 0.308. The molecule has 0 amide bonds. The number of unbranched alkanes of at least 4 members (excludes halogenated alkanes) is 2. The van der Waals surface area contributed by atoms with Gasteiger partial charge in [-0.25, -0.2) is 0 Å². The molecule has 0 rings (SSSR count). The Morgan fingerprint density at radius 1 is 0.714 bits per heavy atom. The number of rotatable bonds is 8. The van der Waals surface area contributed by atoms with E-state index in [4.69, 9.17) is 0 Å². The van der Waals surface area contributed by atoms with E-state index in [0.29, 0.717) is 0 Å². The van der Waals surface area contributed by atoms with Gasteiger partial charge in [-0.1, -0.05) is 6.42 Å². The van der Waals surface area contributed by atoms with Gasteiger partial charge < -0.3 is 4.74 Å². The van der Waals surface area contributed by atoms with E-state index in [9.17, 15) is 44.0 Å². The molecule has 0 aliphatic rings. The van der Waals surface area contributed by atoms with Gasteiger partial charge in [-0.15, -0.1) is 4.94 Å². The molecule has 0 saturated carbocycles. The van der Waals surface area contributed by atoms with E-state index in [1.165, 1.54) is 0 Å². The molecule has 0 N–H and O–H groups in total. The van der Waals surface area contributed by atoms with Gasteiger partial charge >= 0.3 is 24.3 Å². The maximum absolute atomic E-state index is 12.8. The molecule has 0 spiro atoms. The van der Waals surface area contributed by atoms with Gasteiger partial charge in [0, 0.05) is 6.42 Å². The molecule has 0 fully saturated rings. The van der Waals surface area contributed by atoms with Crippen molar-refractivity contribution >= 4 is 0 Å². The average Bonchev–Trinajstić information content (AvgIpc) is 2.29. The van der Waals surface area contributed by atoms with E-state index in [2.05, 4.69) is 4.74 Å². The van der Waals surface area contributed by atoms with Gasteiger partial charge in [-0.2, -0.15) is 39.5 Å². The van der Waals surface area contributed by atoms with Crippen LogP contribution in [0.15, 0.2) is 0 Å². The minimum atomic E-state index is -6.42. The molecule has 0 aromatic heterocycles. The standard InChI is InChI=1S/C9H10F10O2/c10-6(11,12)4-2-1-3-5-20-9(17,18)7(13,21-19)8(14,15)16/h1-5H2. The predicted octanol–water partition coefficient (Wildman–Crippen LogP) is 4.85. The lowest BCUT2D eigenvalue weighted by Gasteiger charge is -2.30. The Morgan fingerprint density at radius 3 is 1.62 bits per heavy atom. The van der Waals surface area contributed by atoms with Crippen molar-refractivity contribution in [3.63, 3.8) is 0 Å². The van der Waals surface area contributed by atoms with Crippen molar-refractivity contribution in [2.24, 2.45) is 0 Å². The average molecular weight is 340 g/mol. The zero-order valence-electron chi connectivity index (χ0n) is 10.1. The summed E-state index contributed by atoms with van der Waals surface area (Å²) in [6.07, 6.45) is -19.1. The summed E-state index contributed by atoms with van der Waals surface area (Å²) in [5, 5.41) is 0. The highest BCUT2D eigenvalue weighted by Crippen LogP contribution is 2.47. The van der Waals surface area contributed by atoms with Crippen molar-refractivity contribution in [1.82, 2.24) is 0 Å². The Morgan fingerprint density at radius 2 is 1.24 bits per heavy atom. The predicted molar refractivity (Wildman–Crippen MR) is 47.5 cm³/mol. The van der Waals surface area contributed by atoms with Gasteiger partial charge in [0.2, 0.25) is 0 Å². The summed E-state index contributed by atoms with van der Waals surface area (Å²) in [7, 11) is 0. The van der Waals surface area contributed by atoms with E-state index in [1.54, 1.807) is 4.94 Å². The second kappa shape index (κ2) is 6.99. The molecule has 0 aromatic rings. The first-order valence-corrected chi connectivity index (χ1v) is 5.41. The number of ether oxygens (including phenoxy) is 1. The van der Waals surface area contributed by atoms with E-state index in [1.807, 2.05) is 0 Å². The largest absolute Gasteiger partial charge is 0.461 e. The summed E-state index contributed by atoms with van der Waals surface area (Å²) >= 11 is 0. The maximum atomic E-state index is 12.8. The van der Waals surface area contributed by atoms with Crippen molar-refractivity contribution < 1.29 is 53.7 Å². The second-order valence-electron chi connectivity index (χ2n) is 3.96. The fraction of sp³-hybridized carbons (Fsp3) is 1.00. The van der Waals surface area contributed by atoms with Crippen LogP contribution in [0.1, 0.15) is 25.7 Å². The number of hydrogen-bond donors (Lipinski definition) is 0. The minimum Gasteiger partial charge on any atom is -0.316 e. The summed E-state index contributed by atoms with van der Waals surface area (Å²) < 4.78 is 124. The molecule has 0 aliphatic carbocycles. The van der Waals surface area contributed by atoms with Crippen LogP contribution in [0.25, 0.3) is 0 Å². The Bertz CT molecular complexity index is 313. The van der Waals surface area contributed by atoms with Crippen LogP contribution in [0.4, 0.5) is 44.0 Å². The van der Waals surface area contributed by atoms with Crippen LogP contribution >= 0.6 is 0 Å². The molecule has 0 radical (unpaired) electrons. The maximum Gasteiger partial charge on any atom is 0.461 e. The first-order valence-electron chi connectivity index (χ1n) is 5.41. The van der Waals surface area contributed by atoms with Crippen molar-refractivity contribution in [1.29, 1.82) is 0 Å². The molecule has 0 heterocycles. The van der Waals surface area contributed by atoms with Gasteiger partial charge in [0.05, 0.1) is 6.61 Å². The van der Waals surface area contributed by atoms with Crippen LogP contribution in [-0.4, -0.2) is 30.9 Å². The van der Waals surface area contributed by atoms with E-state index < -0.39 is 50.2 Å². The van der Waals surface area contributed by atoms with Crippen LogP contribution in [0.2, 0.25) is 0 Å². The highest BCUT2D eigenvalue weighted by Gasteiger charge is 2.76. The summed E-state index contributed by atoms with van der Waals surface area (Å²) in [6.45, 7) is -1.21. The molecular weight excluding hydrogens is 330 g/mol. The zero-order valence-corrected chi connectivity index (χ0v) is 10.1. The van der Waals surface area contributed by atoms with Gasteiger partial charge in [0.25, 0.3) is 0 Å². The quantitative estimate of drug-likeness (QED) is 0.465. The van der Waals surface area contributed by atoms with Crippen LogP contribution in [0.3, 0.4) is 0 Å².